The Morgan fingerprint density at radius 1 is 0.409 bits per heavy atom. The van der Waals surface area contributed by atoms with Crippen molar-refractivity contribution in [2.45, 2.75) is 0 Å². The van der Waals surface area contributed by atoms with Gasteiger partial charge in [0.2, 0.25) is 0 Å². The summed E-state index contributed by atoms with van der Waals surface area (Å²) in [5.41, 5.74) is -1.65. The van der Waals surface area contributed by atoms with Gasteiger partial charge in [0.15, 0.2) is 0 Å². The number of aromatic nitrogens is 2. The Morgan fingerprint density at radius 2 is 0.636 bits per heavy atom. The molecule has 2 N–H and O–H groups in total. The minimum atomic E-state index is -0.412. The van der Waals surface area contributed by atoms with Gasteiger partial charge in [0.1, 0.15) is 0 Å². The number of benzene rings is 2. The first-order valence-electron chi connectivity index (χ1n) is 6.63. The lowest BCUT2D eigenvalue weighted by molar-refractivity contribution is 1.26. The Kier molecular flexibility index (Phi) is 1.71. The van der Waals surface area contributed by atoms with Crippen molar-refractivity contribution < 1.29 is 0 Å². The fourth-order valence-electron chi connectivity index (χ4n) is 3.26. The van der Waals surface area contributed by atoms with Crippen molar-refractivity contribution in [2.24, 2.45) is 0 Å². The Balaban J connectivity index is 2.07. The monoisotopic (exact) mass is 290 g/mol. The van der Waals surface area contributed by atoms with Crippen LogP contribution in [-0.4, -0.2) is 9.97 Å². The number of H-pyrrole nitrogens is 2. The maximum absolute atomic E-state index is 11.7. The maximum atomic E-state index is 11.7. The molecule has 0 fully saturated rings. The number of rotatable bonds is 0. The summed E-state index contributed by atoms with van der Waals surface area (Å²) in [5, 5.41) is 4.63. The summed E-state index contributed by atoms with van der Waals surface area (Å²) in [7, 11) is 0. The molecule has 2 heterocycles. The van der Waals surface area contributed by atoms with Crippen LogP contribution in [0, 0.1) is 0 Å². The highest BCUT2D eigenvalue weighted by molar-refractivity contribution is 6.29. The van der Waals surface area contributed by atoms with Crippen LogP contribution in [0.5, 0.6) is 0 Å². The molecule has 6 heteroatoms. The third-order valence-electron chi connectivity index (χ3n) is 4.33. The van der Waals surface area contributed by atoms with Crippen LogP contribution in [0.25, 0.3) is 43.1 Å². The van der Waals surface area contributed by atoms with E-state index >= 15 is 0 Å². The van der Waals surface area contributed by atoms with Gasteiger partial charge in [-0.15, -0.1) is 0 Å². The fraction of sp³-hybridized carbons (Fsp3) is 0. The van der Waals surface area contributed by atoms with Crippen molar-refractivity contribution >= 4 is 43.1 Å². The summed E-state index contributed by atoms with van der Waals surface area (Å²) in [4.78, 5) is 51.4. The zero-order valence-corrected chi connectivity index (χ0v) is 10.9. The largest absolute Gasteiger partial charge is 0.288 e. The summed E-state index contributed by atoms with van der Waals surface area (Å²) in [6.45, 7) is 0. The second-order valence-electron chi connectivity index (χ2n) is 5.45. The van der Waals surface area contributed by atoms with Crippen LogP contribution in [0.1, 0.15) is 0 Å². The van der Waals surface area contributed by atoms with E-state index in [9.17, 15) is 19.2 Å². The van der Waals surface area contributed by atoms with Crippen LogP contribution in [0.3, 0.4) is 0 Å². The van der Waals surface area contributed by atoms with Gasteiger partial charge in [-0.3, -0.25) is 29.1 Å². The molecule has 0 spiro atoms. The van der Waals surface area contributed by atoms with Gasteiger partial charge in [-0.2, -0.15) is 0 Å². The molecular formula is C16H6N2O4. The van der Waals surface area contributed by atoms with E-state index in [0.29, 0.717) is 21.5 Å². The van der Waals surface area contributed by atoms with Crippen LogP contribution in [0.4, 0.5) is 0 Å². The zero-order chi connectivity index (χ0) is 15.2. The summed E-state index contributed by atoms with van der Waals surface area (Å²) >= 11 is 0. The second-order valence-corrected chi connectivity index (χ2v) is 5.45. The number of fused-ring (bicyclic) bond motifs is 6. The van der Waals surface area contributed by atoms with E-state index in [4.69, 9.17) is 0 Å². The molecule has 5 rings (SSSR count). The first-order valence-corrected chi connectivity index (χ1v) is 6.63. The van der Waals surface area contributed by atoms with Crippen LogP contribution < -0.4 is 22.2 Å². The average Bonchev–Trinajstić information content (AvgIpc) is 2.92. The molecule has 0 atom stereocenters. The normalized spacial score (nSPS) is 12.4. The zero-order valence-electron chi connectivity index (χ0n) is 10.9. The molecule has 5 aromatic rings. The SMILES string of the molecule is O=c1[nH]c(=O)c2cc3c(cc12)c1cc2c(=O)[nH]c(=O)c2cc31. The highest BCUT2D eigenvalue weighted by Crippen LogP contribution is 2.37. The van der Waals surface area contributed by atoms with E-state index in [-0.39, 0.29) is 0 Å². The van der Waals surface area contributed by atoms with E-state index in [2.05, 4.69) is 9.97 Å². The molecule has 3 aromatic carbocycles. The molecule has 0 aliphatic heterocycles. The summed E-state index contributed by atoms with van der Waals surface area (Å²) in [5.74, 6) is 0. The third-order valence-corrected chi connectivity index (χ3v) is 4.33. The molecule has 0 saturated carbocycles. The molecule has 22 heavy (non-hydrogen) atoms. The summed E-state index contributed by atoms with van der Waals surface area (Å²) < 4.78 is 0. The number of aromatic amines is 2. The van der Waals surface area contributed by atoms with Crippen molar-refractivity contribution in [1.82, 2.24) is 9.97 Å². The molecular weight excluding hydrogens is 284 g/mol. The predicted octanol–water partition coefficient (Wildman–Crippen LogP) is 0.710. The minimum Gasteiger partial charge on any atom is -0.288 e. The molecule has 6 nitrogen and oxygen atoms in total. The Bertz CT molecular complexity index is 1210. The van der Waals surface area contributed by atoms with Gasteiger partial charge in [0, 0.05) is 0 Å². The second kappa shape index (κ2) is 3.30. The Labute approximate surface area is 119 Å². The van der Waals surface area contributed by atoms with Crippen LogP contribution in [0.15, 0.2) is 43.4 Å². The van der Waals surface area contributed by atoms with Gasteiger partial charge in [-0.25, -0.2) is 0 Å². The molecule has 0 saturated heterocycles. The lowest BCUT2D eigenvalue weighted by Gasteiger charge is -2.11. The van der Waals surface area contributed by atoms with Crippen molar-refractivity contribution in [1.29, 1.82) is 0 Å². The van der Waals surface area contributed by atoms with Crippen LogP contribution >= 0.6 is 0 Å². The minimum absolute atomic E-state index is 0.343. The van der Waals surface area contributed by atoms with Crippen molar-refractivity contribution in [3.63, 3.8) is 0 Å². The quantitative estimate of drug-likeness (QED) is 0.438. The molecule has 0 radical (unpaired) electrons. The van der Waals surface area contributed by atoms with Gasteiger partial charge >= 0.3 is 0 Å². The number of hydrogen-bond acceptors (Lipinski definition) is 4. The lowest BCUT2D eigenvalue weighted by atomic mass is 9.91. The van der Waals surface area contributed by atoms with E-state index in [1.54, 1.807) is 24.3 Å². The van der Waals surface area contributed by atoms with E-state index < -0.39 is 22.2 Å². The molecule has 0 aliphatic rings. The fourth-order valence-corrected chi connectivity index (χ4v) is 3.26. The van der Waals surface area contributed by atoms with Crippen molar-refractivity contribution in [3.05, 3.63) is 65.7 Å². The molecule has 0 unspecified atom stereocenters. The highest BCUT2D eigenvalue weighted by Gasteiger charge is 2.17. The smallest absolute Gasteiger partial charge is 0.258 e. The first kappa shape index (κ1) is 11.4. The first-order chi connectivity index (χ1) is 10.5. The maximum Gasteiger partial charge on any atom is 0.258 e. The van der Waals surface area contributed by atoms with Crippen molar-refractivity contribution in [3.8, 4) is 0 Å². The Morgan fingerprint density at radius 3 is 0.864 bits per heavy atom. The molecule has 2 aromatic heterocycles. The Hall–Kier alpha value is -3.28. The number of nitrogens with one attached hydrogen (secondary N) is 2. The van der Waals surface area contributed by atoms with E-state index in [1.807, 2.05) is 0 Å². The lowest BCUT2D eigenvalue weighted by Crippen LogP contribution is -2.05. The molecule has 104 valence electrons. The summed E-state index contributed by atoms with van der Waals surface area (Å²) in [6.07, 6.45) is 0. The highest BCUT2D eigenvalue weighted by atomic mass is 16.2. The van der Waals surface area contributed by atoms with Gasteiger partial charge < -0.3 is 0 Å². The van der Waals surface area contributed by atoms with E-state index in [0.717, 1.165) is 21.5 Å². The molecule has 0 amide bonds. The van der Waals surface area contributed by atoms with Gasteiger partial charge in [-0.05, 0) is 45.8 Å². The summed E-state index contributed by atoms with van der Waals surface area (Å²) in [6, 6.07) is 6.64. The van der Waals surface area contributed by atoms with Crippen LogP contribution in [-0.2, 0) is 0 Å². The van der Waals surface area contributed by atoms with Crippen LogP contribution in [0.2, 0.25) is 0 Å². The van der Waals surface area contributed by atoms with Gasteiger partial charge in [-0.1, -0.05) is 0 Å². The topological polar surface area (TPSA) is 99.9 Å². The van der Waals surface area contributed by atoms with Gasteiger partial charge in [0.05, 0.1) is 21.5 Å². The number of hydrogen-bond donors (Lipinski definition) is 2. The molecule has 0 bridgehead atoms. The predicted molar refractivity (Wildman–Crippen MR) is 83.8 cm³/mol. The third kappa shape index (κ3) is 1.12. The average molecular weight is 290 g/mol. The van der Waals surface area contributed by atoms with E-state index in [1.165, 1.54) is 0 Å². The molecule has 0 aliphatic carbocycles. The standard InChI is InChI=1S/C16H6N2O4/c19-13-9-1-5-6(2-10(9)14(20)17-13)8-4-12-11(3-7(5)8)15(21)18-16(12)22/h1-4H,(H,17,19,20)(H,18,21,22). The van der Waals surface area contributed by atoms with Crippen molar-refractivity contribution in [2.75, 3.05) is 0 Å². The van der Waals surface area contributed by atoms with Gasteiger partial charge in [0.25, 0.3) is 22.2 Å².